The van der Waals surface area contributed by atoms with Crippen LogP contribution >= 0.6 is 0 Å². The second kappa shape index (κ2) is 6.68. The fourth-order valence-electron chi connectivity index (χ4n) is 3.50. The average Bonchev–Trinajstić information content (AvgIpc) is 2.99. The van der Waals surface area contributed by atoms with Crippen molar-refractivity contribution < 1.29 is 13.2 Å². The number of anilines is 2. The standard InChI is InChI=1S/C18H20N4O3S/c23-17(21-15-7-9-26(24,25)12-15)14-10-19-18(20-11-14)22-8-3-5-13-4-1-2-6-16(13)22/h1-2,4,6,10-11,15H,3,5,7-9,12H2,(H,21,23). The van der Waals surface area contributed by atoms with Gasteiger partial charge in [0.1, 0.15) is 0 Å². The van der Waals surface area contributed by atoms with E-state index in [1.165, 1.54) is 18.0 Å². The van der Waals surface area contributed by atoms with Crippen LogP contribution < -0.4 is 10.2 Å². The van der Waals surface area contributed by atoms with Crippen molar-refractivity contribution in [2.75, 3.05) is 23.0 Å². The predicted octanol–water partition coefficient (Wildman–Crippen LogP) is 1.48. The maximum absolute atomic E-state index is 12.3. The Hall–Kier alpha value is -2.48. The zero-order valence-electron chi connectivity index (χ0n) is 14.3. The van der Waals surface area contributed by atoms with Gasteiger partial charge in [0.25, 0.3) is 5.91 Å². The molecule has 1 atom stereocenters. The largest absolute Gasteiger partial charge is 0.348 e. The minimum Gasteiger partial charge on any atom is -0.348 e. The van der Waals surface area contributed by atoms with Crippen molar-refractivity contribution in [1.82, 2.24) is 15.3 Å². The molecule has 2 aromatic rings. The number of para-hydroxylation sites is 1. The van der Waals surface area contributed by atoms with Crippen molar-refractivity contribution in [3.63, 3.8) is 0 Å². The van der Waals surface area contributed by atoms with Crippen LogP contribution in [0.3, 0.4) is 0 Å². The van der Waals surface area contributed by atoms with Crippen LogP contribution in [0.15, 0.2) is 36.7 Å². The van der Waals surface area contributed by atoms with Crippen molar-refractivity contribution >= 4 is 27.4 Å². The fourth-order valence-corrected chi connectivity index (χ4v) is 5.17. The van der Waals surface area contributed by atoms with E-state index in [0.29, 0.717) is 17.9 Å². The number of aryl methyl sites for hydroxylation is 1. The van der Waals surface area contributed by atoms with Crippen LogP contribution in [0.5, 0.6) is 0 Å². The number of aromatic nitrogens is 2. The lowest BCUT2D eigenvalue weighted by molar-refractivity contribution is 0.0940. The van der Waals surface area contributed by atoms with Gasteiger partial charge < -0.3 is 10.2 Å². The molecular formula is C18H20N4O3S. The first-order valence-corrected chi connectivity index (χ1v) is 10.5. The van der Waals surface area contributed by atoms with Gasteiger partial charge >= 0.3 is 0 Å². The molecule has 8 heteroatoms. The number of rotatable bonds is 3. The SMILES string of the molecule is O=C(NC1CCS(=O)(=O)C1)c1cnc(N2CCCc3ccccc32)nc1. The van der Waals surface area contributed by atoms with E-state index < -0.39 is 9.84 Å². The highest BCUT2D eigenvalue weighted by atomic mass is 32.2. The number of carbonyl (C=O) groups is 1. The molecule has 26 heavy (non-hydrogen) atoms. The summed E-state index contributed by atoms with van der Waals surface area (Å²) in [6.45, 7) is 0.836. The number of hydrogen-bond acceptors (Lipinski definition) is 6. The molecule has 1 aromatic carbocycles. The van der Waals surface area contributed by atoms with Crippen molar-refractivity contribution in [2.45, 2.75) is 25.3 Å². The van der Waals surface area contributed by atoms with Gasteiger partial charge in [0.2, 0.25) is 5.95 Å². The molecule has 2 aliphatic rings. The molecule has 0 aliphatic carbocycles. The van der Waals surface area contributed by atoms with Crippen LogP contribution in [0.4, 0.5) is 11.6 Å². The summed E-state index contributed by atoms with van der Waals surface area (Å²) in [4.78, 5) is 23.1. The third kappa shape index (κ3) is 3.41. The second-order valence-corrected chi connectivity index (χ2v) is 8.96. The van der Waals surface area contributed by atoms with Gasteiger partial charge in [-0.2, -0.15) is 0 Å². The Morgan fingerprint density at radius 1 is 1.19 bits per heavy atom. The van der Waals surface area contributed by atoms with Crippen LogP contribution in [0.1, 0.15) is 28.8 Å². The quantitative estimate of drug-likeness (QED) is 0.877. The highest BCUT2D eigenvalue weighted by molar-refractivity contribution is 7.91. The maximum Gasteiger partial charge on any atom is 0.254 e. The third-order valence-electron chi connectivity index (χ3n) is 4.82. The summed E-state index contributed by atoms with van der Waals surface area (Å²) in [7, 11) is -3.03. The predicted molar refractivity (Wildman–Crippen MR) is 98.3 cm³/mol. The van der Waals surface area contributed by atoms with Crippen LogP contribution in [-0.2, 0) is 16.3 Å². The number of benzene rings is 1. The van der Waals surface area contributed by atoms with E-state index >= 15 is 0 Å². The van der Waals surface area contributed by atoms with Crippen LogP contribution in [0.2, 0.25) is 0 Å². The monoisotopic (exact) mass is 372 g/mol. The Morgan fingerprint density at radius 2 is 1.96 bits per heavy atom. The van der Waals surface area contributed by atoms with Crippen molar-refractivity contribution in [3.8, 4) is 0 Å². The van der Waals surface area contributed by atoms with Gasteiger partial charge in [-0.1, -0.05) is 18.2 Å². The lowest BCUT2D eigenvalue weighted by Gasteiger charge is -2.29. The summed E-state index contributed by atoms with van der Waals surface area (Å²) >= 11 is 0. The number of nitrogens with zero attached hydrogens (tertiary/aromatic N) is 3. The second-order valence-electron chi connectivity index (χ2n) is 6.73. The Balaban J connectivity index is 1.48. The molecule has 0 radical (unpaired) electrons. The minimum atomic E-state index is -3.03. The molecule has 1 saturated heterocycles. The highest BCUT2D eigenvalue weighted by Gasteiger charge is 2.29. The molecule has 1 aromatic heterocycles. The van der Waals surface area contributed by atoms with E-state index in [4.69, 9.17) is 0 Å². The topological polar surface area (TPSA) is 92.3 Å². The Morgan fingerprint density at radius 3 is 2.69 bits per heavy atom. The number of nitrogens with one attached hydrogen (secondary N) is 1. The van der Waals surface area contributed by atoms with E-state index in [1.54, 1.807) is 0 Å². The van der Waals surface area contributed by atoms with E-state index in [-0.39, 0.29) is 23.5 Å². The van der Waals surface area contributed by atoms with Crippen LogP contribution in [0, 0.1) is 0 Å². The molecule has 1 fully saturated rings. The smallest absolute Gasteiger partial charge is 0.254 e. The van der Waals surface area contributed by atoms with Crippen molar-refractivity contribution in [2.24, 2.45) is 0 Å². The van der Waals surface area contributed by atoms with Gasteiger partial charge in [-0.05, 0) is 30.9 Å². The summed E-state index contributed by atoms with van der Waals surface area (Å²) in [5.74, 6) is 0.360. The van der Waals surface area contributed by atoms with E-state index in [0.717, 1.165) is 25.1 Å². The molecular weight excluding hydrogens is 352 g/mol. The Labute approximate surface area is 152 Å². The molecule has 0 bridgehead atoms. The van der Waals surface area contributed by atoms with Crippen LogP contribution in [-0.4, -0.2) is 48.4 Å². The Kier molecular flexibility index (Phi) is 4.36. The molecule has 136 valence electrons. The molecule has 4 rings (SSSR count). The normalized spacial score (nSPS) is 21.2. The van der Waals surface area contributed by atoms with Crippen molar-refractivity contribution in [1.29, 1.82) is 0 Å². The summed E-state index contributed by atoms with van der Waals surface area (Å²) < 4.78 is 23.0. The zero-order valence-corrected chi connectivity index (χ0v) is 15.1. The van der Waals surface area contributed by atoms with Crippen molar-refractivity contribution in [3.05, 3.63) is 47.8 Å². The molecule has 1 amide bonds. The highest BCUT2D eigenvalue weighted by Crippen LogP contribution is 2.31. The van der Waals surface area contributed by atoms with E-state index in [1.807, 2.05) is 12.1 Å². The first-order valence-electron chi connectivity index (χ1n) is 8.71. The fraction of sp³-hybridized carbons (Fsp3) is 0.389. The lowest BCUT2D eigenvalue weighted by Crippen LogP contribution is -2.35. The molecule has 0 spiro atoms. The molecule has 3 heterocycles. The lowest BCUT2D eigenvalue weighted by atomic mass is 10.0. The molecule has 1 unspecified atom stereocenters. The van der Waals surface area contributed by atoms with Crippen LogP contribution in [0.25, 0.3) is 0 Å². The molecule has 7 nitrogen and oxygen atoms in total. The number of hydrogen-bond donors (Lipinski definition) is 1. The van der Waals surface area contributed by atoms with Gasteiger partial charge in [-0.15, -0.1) is 0 Å². The molecule has 1 N–H and O–H groups in total. The van der Waals surface area contributed by atoms with Gasteiger partial charge in [-0.3, -0.25) is 4.79 Å². The molecule has 0 saturated carbocycles. The van der Waals surface area contributed by atoms with E-state index in [9.17, 15) is 13.2 Å². The number of carbonyl (C=O) groups excluding carboxylic acids is 1. The summed E-state index contributed by atoms with van der Waals surface area (Å²) in [5.41, 5.74) is 2.71. The summed E-state index contributed by atoms with van der Waals surface area (Å²) in [6, 6.07) is 7.85. The summed E-state index contributed by atoms with van der Waals surface area (Å²) in [6.07, 6.45) is 5.52. The van der Waals surface area contributed by atoms with Gasteiger partial charge in [0, 0.05) is 30.7 Å². The average molecular weight is 372 g/mol. The van der Waals surface area contributed by atoms with Gasteiger partial charge in [0.15, 0.2) is 9.84 Å². The maximum atomic E-state index is 12.3. The molecule has 2 aliphatic heterocycles. The third-order valence-corrected chi connectivity index (χ3v) is 6.59. The minimum absolute atomic E-state index is 0.00222. The zero-order chi connectivity index (χ0) is 18.1. The summed E-state index contributed by atoms with van der Waals surface area (Å²) in [5, 5.41) is 2.75. The van der Waals surface area contributed by atoms with E-state index in [2.05, 4.69) is 32.3 Å². The number of amides is 1. The first kappa shape index (κ1) is 17.0. The van der Waals surface area contributed by atoms with Gasteiger partial charge in [0.05, 0.1) is 17.1 Å². The number of fused-ring (bicyclic) bond motifs is 1. The first-order chi connectivity index (χ1) is 12.5. The number of sulfone groups is 1. The Bertz CT molecular complexity index is 928. The van der Waals surface area contributed by atoms with Gasteiger partial charge in [-0.25, -0.2) is 18.4 Å².